The average molecular weight is 230 g/mol. The van der Waals surface area contributed by atoms with Crippen molar-refractivity contribution in [2.75, 3.05) is 0 Å². The van der Waals surface area contributed by atoms with Gasteiger partial charge in [-0.3, -0.25) is 4.79 Å². The molecule has 0 radical (unpaired) electrons. The summed E-state index contributed by atoms with van der Waals surface area (Å²) in [6, 6.07) is 10.5. The van der Waals surface area contributed by atoms with E-state index in [-0.39, 0.29) is 0 Å². The molecule has 0 aromatic heterocycles. The molecule has 0 spiro atoms. The van der Waals surface area contributed by atoms with Gasteiger partial charge in [-0.25, -0.2) is 0 Å². The van der Waals surface area contributed by atoms with E-state index in [1.807, 2.05) is 6.07 Å². The molecule has 0 aliphatic heterocycles. The van der Waals surface area contributed by atoms with E-state index in [0.29, 0.717) is 11.7 Å². The van der Waals surface area contributed by atoms with Crippen molar-refractivity contribution in [2.45, 2.75) is 45.4 Å². The van der Waals surface area contributed by atoms with Gasteiger partial charge in [-0.15, -0.1) is 0 Å². The van der Waals surface area contributed by atoms with Crippen LogP contribution in [0.1, 0.15) is 44.6 Å². The minimum absolute atomic E-state index is 0.328. The Labute approximate surface area is 104 Å². The van der Waals surface area contributed by atoms with E-state index in [2.05, 4.69) is 31.2 Å². The number of rotatable bonds is 4. The van der Waals surface area contributed by atoms with Crippen LogP contribution in [-0.4, -0.2) is 5.78 Å². The first-order chi connectivity index (χ1) is 8.29. The molecule has 1 aliphatic rings. The largest absolute Gasteiger partial charge is 0.299 e. The van der Waals surface area contributed by atoms with Gasteiger partial charge in [-0.1, -0.05) is 43.7 Å². The predicted octanol–water partition coefficient (Wildman–Crippen LogP) is 4.01. The van der Waals surface area contributed by atoms with E-state index < -0.39 is 0 Å². The second-order valence-corrected chi connectivity index (χ2v) is 5.24. The molecule has 1 aliphatic carbocycles. The second kappa shape index (κ2) is 6.00. The van der Waals surface area contributed by atoms with Crippen LogP contribution in [-0.2, 0) is 11.2 Å². The summed E-state index contributed by atoms with van der Waals surface area (Å²) < 4.78 is 0. The van der Waals surface area contributed by atoms with E-state index >= 15 is 0 Å². The lowest BCUT2D eigenvalue weighted by Gasteiger charge is -2.27. The molecule has 0 saturated heterocycles. The molecule has 1 aromatic rings. The summed E-state index contributed by atoms with van der Waals surface area (Å²) >= 11 is 0. The Balaban J connectivity index is 1.87. The first-order valence-electron chi connectivity index (χ1n) is 6.86. The van der Waals surface area contributed by atoms with Gasteiger partial charge in [-0.05, 0) is 37.2 Å². The van der Waals surface area contributed by atoms with Crippen LogP contribution in [0.4, 0.5) is 0 Å². The van der Waals surface area contributed by atoms with Crippen molar-refractivity contribution >= 4 is 5.78 Å². The first-order valence-corrected chi connectivity index (χ1v) is 6.86. The molecule has 2 unspecified atom stereocenters. The zero-order valence-corrected chi connectivity index (χ0v) is 10.7. The second-order valence-electron chi connectivity index (χ2n) is 5.24. The molecular weight excluding hydrogens is 208 g/mol. The number of hydrogen-bond donors (Lipinski definition) is 0. The van der Waals surface area contributed by atoms with Crippen molar-refractivity contribution in [1.29, 1.82) is 0 Å². The molecule has 0 amide bonds. The van der Waals surface area contributed by atoms with Gasteiger partial charge in [0.15, 0.2) is 0 Å². The van der Waals surface area contributed by atoms with E-state index in [1.54, 1.807) is 0 Å². The topological polar surface area (TPSA) is 17.1 Å². The Morgan fingerprint density at radius 1 is 1.24 bits per heavy atom. The van der Waals surface area contributed by atoms with Gasteiger partial charge in [0.2, 0.25) is 0 Å². The van der Waals surface area contributed by atoms with Crippen LogP contribution < -0.4 is 0 Å². The van der Waals surface area contributed by atoms with Crippen molar-refractivity contribution in [3.8, 4) is 0 Å². The van der Waals surface area contributed by atoms with Gasteiger partial charge < -0.3 is 0 Å². The smallest absolute Gasteiger partial charge is 0.136 e. The van der Waals surface area contributed by atoms with E-state index in [9.17, 15) is 4.79 Å². The maximum atomic E-state index is 11.9. The van der Waals surface area contributed by atoms with E-state index in [4.69, 9.17) is 0 Å². The first kappa shape index (κ1) is 12.3. The Morgan fingerprint density at radius 2 is 2.00 bits per heavy atom. The molecule has 1 fully saturated rings. The summed E-state index contributed by atoms with van der Waals surface area (Å²) in [6.07, 6.45) is 6.39. The van der Waals surface area contributed by atoms with E-state index in [1.165, 1.54) is 12.0 Å². The molecule has 1 saturated carbocycles. The summed E-state index contributed by atoms with van der Waals surface area (Å²) in [5, 5.41) is 0. The highest BCUT2D eigenvalue weighted by atomic mass is 16.1. The van der Waals surface area contributed by atoms with Crippen LogP contribution in [0.2, 0.25) is 0 Å². The molecule has 17 heavy (non-hydrogen) atoms. The fraction of sp³-hybridized carbons (Fsp3) is 0.562. The molecule has 0 bridgehead atoms. The third-order valence-electron chi connectivity index (χ3n) is 4.07. The van der Waals surface area contributed by atoms with Crippen molar-refractivity contribution in [1.82, 2.24) is 0 Å². The highest BCUT2D eigenvalue weighted by Crippen LogP contribution is 2.31. The minimum atomic E-state index is 0.328. The summed E-state index contributed by atoms with van der Waals surface area (Å²) in [6.45, 7) is 2.24. The van der Waals surface area contributed by atoms with Gasteiger partial charge in [-0.2, -0.15) is 0 Å². The third-order valence-corrected chi connectivity index (χ3v) is 4.07. The summed E-state index contributed by atoms with van der Waals surface area (Å²) in [5.41, 5.74) is 1.36. The van der Waals surface area contributed by atoms with Gasteiger partial charge in [0.25, 0.3) is 0 Å². The number of aryl methyl sites for hydroxylation is 1. The van der Waals surface area contributed by atoms with Crippen LogP contribution in [0, 0.1) is 11.8 Å². The van der Waals surface area contributed by atoms with Crippen molar-refractivity contribution in [2.24, 2.45) is 11.8 Å². The lowest BCUT2D eigenvalue weighted by molar-refractivity contribution is -0.125. The minimum Gasteiger partial charge on any atom is -0.299 e. The number of ketones is 1. The standard InChI is InChI=1S/C16H22O/c1-2-13-9-11-16(17)15(12-13)10-8-14-6-4-3-5-7-14/h3-7,13,15H,2,8-12H2,1H3. The van der Waals surface area contributed by atoms with Crippen molar-refractivity contribution < 1.29 is 4.79 Å². The molecule has 0 N–H and O–H groups in total. The van der Waals surface area contributed by atoms with Crippen molar-refractivity contribution in [3.63, 3.8) is 0 Å². The lowest BCUT2D eigenvalue weighted by Crippen LogP contribution is -2.25. The summed E-state index contributed by atoms with van der Waals surface area (Å²) in [7, 11) is 0. The lowest BCUT2D eigenvalue weighted by atomic mass is 9.77. The highest BCUT2D eigenvalue weighted by Gasteiger charge is 2.27. The molecule has 92 valence electrons. The number of carbonyl (C=O) groups is 1. The number of carbonyl (C=O) groups excluding carboxylic acids is 1. The van der Waals surface area contributed by atoms with Crippen molar-refractivity contribution in [3.05, 3.63) is 35.9 Å². The maximum Gasteiger partial charge on any atom is 0.136 e. The van der Waals surface area contributed by atoms with Gasteiger partial charge in [0, 0.05) is 12.3 Å². The fourth-order valence-corrected chi connectivity index (χ4v) is 2.84. The zero-order valence-electron chi connectivity index (χ0n) is 10.7. The molecule has 1 aromatic carbocycles. The SMILES string of the molecule is CCC1CCC(=O)C(CCc2ccccc2)C1. The van der Waals surface area contributed by atoms with Crippen LogP contribution in [0.5, 0.6) is 0 Å². The normalized spacial score (nSPS) is 24.9. The Kier molecular flexibility index (Phi) is 4.36. The predicted molar refractivity (Wildman–Crippen MR) is 70.9 cm³/mol. The average Bonchev–Trinajstić information content (AvgIpc) is 2.39. The maximum absolute atomic E-state index is 11.9. The molecule has 2 rings (SSSR count). The number of benzene rings is 1. The van der Waals surface area contributed by atoms with Crippen LogP contribution in [0.3, 0.4) is 0 Å². The summed E-state index contributed by atoms with van der Waals surface area (Å²) in [4.78, 5) is 11.9. The molecule has 1 heteroatoms. The highest BCUT2D eigenvalue weighted by molar-refractivity contribution is 5.81. The van der Waals surface area contributed by atoms with Crippen LogP contribution in [0.25, 0.3) is 0 Å². The monoisotopic (exact) mass is 230 g/mol. The van der Waals surface area contributed by atoms with Crippen LogP contribution >= 0.6 is 0 Å². The quantitative estimate of drug-likeness (QED) is 0.763. The van der Waals surface area contributed by atoms with Gasteiger partial charge in [0.1, 0.15) is 5.78 Å². The number of Topliss-reactive ketones (excluding diaryl/α,β-unsaturated/α-hetero) is 1. The summed E-state index contributed by atoms with van der Waals surface area (Å²) in [5.74, 6) is 1.62. The number of hydrogen-bond acceptors (Lipinski definition) is 1. The molecule has 2 atom stereocenters. The Bertz CT molecular complexity index is 355. The van der Waals surface area contributed by atoms with Crippen LogP contribution in [0.15, 0.2) is 30.3 Å². The zero-order chi connectivity index (χ0) is 12.1. The van der Waals surface area contributed by atoms with Gasteiger partial charge in [0.05, 0.1) is 0 Å². The Hall–Kier alpha value is -1.11. The van der Waals surface area contributed by atoms with Gasteiger partial charge >= 0.3 is 0 Å². The molecular formula is C16H22O. The molecule has 1 nitrogen and oxygen atoms in total. The van der Waals surface area contributed by atoms with E-state index in [0.717, 1.165) is 38.0 Å². The third kappa shape index (κ3) is 3.42. The fourth-order valence-electron chi connectivity index (χ4n) is 2.84. The molecule has 0 heterocycles. The Morgan fingerprint density at radius 3 is 2.71 bits per heavy atom.